The minimum absolute atomic E-state index is 0.103. The molecule has 0 radical (unpaired) electrons. The highest BCUT2D eigenvalue weighted by molar-refractivity contribution is 5.94. The number of rotatable bonds is 7. The first-order valence-electron chi connectivity index (χ1n) is 7.41. The Kier molecular flexibility index (Phi) is 5.77. The third-order valence-corrected chi connectivity index (χ3v) is 3.57. The lowest BCUT2D eigenvalue weighted by Crippen LogP contribution is -2.31. The van der Waals surface area contributed by atoms with Crippen molar-refractivity contribution in [1.29, 1.82) is 0 Å². The monoisotopic (exact) mass is 307 g/mol. The number of amides is 1. The summed E-state index contributed by atoms with van der Waals surface area (Å²) in [6, 6.07) is 6.77. The van der Waals surface area contributed by atoms with Crippen molar-refractivity contribution in [3.63, 3.8) is 0 Å². The summed E-state index contributed by atoms with van der Waals surface area (Å²) in [7, 11) is 0. The van der Waals surface area contributed by atoms with Crippen molar-refractivity contribution >= 4 is 11.9 Å². The van der Waals surface area contributed by atoms with Gasteiger partial charge in [0.1, 0.15) is 12.4 Å². The van der Waals surface area contributed by atoms with Gasteiger partial charge in [-0.05, 0) is 37.1 Å². The van der Waals surface area contributed by atoms with E-state index in [0.29, 0.717) is 17.9 Å². The lowest BCUT2D eigenvalue weighted by Gasteiger charge is -2.12. The fraction of sp³-hybridized carbons (Fsp3) is 0.500. The Balaban J connectivity index is 1.80. The first-order chi connectivity index (χ1) is 10.6. The van der Waals surface area contributed by atoms with Crippen LogP contribution in [0.25, 0.3) is 0 Å². The van der Waals surface area contributed by atoms with Crippen LogP contribution in [0.4, 0.5) is 0 Å². The lowest BCUT2D eigenvalue weighted by atomic mass is 10.1. The summed E-state index contributed by atoms with van der Waals surface area (Å²) in [5, 5.41) is 11.4. The molecule has 0 unspecified atom stereocenters. The molecule has 22 heavy (non-hydrogen) atoms. The average Bonchev–Trinajstić information content (AvgIpc) is 3.04. The maximum absolute atomic E-state index is 11.9. The zero-order chi connectivity index (χ0) is 15.9. The third kappa shape index (κ3) is 4.73. The zero-order valence-electron chi connectivity index (χ0n) is 12.6. The number of ether oxygens (including phenoxy) is 2. The smallest absolute Gasteiger partial charge is 0.308 e. The van der Waals surface area contributed by atoms with E-state index in [-0.39, 0.29) is 18.6 Å². The molecule has 2 rings (SSSR count). The zero-order valence-corrected chi connectivity index (χ0v) is 12.6. The Bertz CT molecular complexity index is 508. The van der Waals surface area contributed by atoms with Gasteiger partial charge in [-0.2, -0.15) is 0 Å². The summed E-state index contributed by atoms with van der Waals surface area (Å²) in [4.78, 5) is 22.6. The molecule has 2 N–H and O–H groups in total. The Morgan fingerprint density at radius 2 is 2.14 bits per heavy atom. The van der Waals surface area contributed by atoms with Crippen molar-refractivity contribution in [2.24, 2.45) is 5.92 Å². The molecule has 1 amide bonds. The molecular weight excluding hydrogens is 286 g/mol. The van der Waals surface area contributed by atoms with Gasteiger partial charge in [-0.25, -0.2) is 0 Å². The number of hydrogen-bond acceptors (Lipinski definition) is 4. The van der Waals surface area contributed by atoms with E-state index in [9.17, 15) is 9.59 Å². The number of carboxylic acids is 1. The second-order valence-electron chi connectivity index (χ2n) is 5.42. The summed E-state index contributed by atoms with van der Waals surface area (Å²) in [6.45, 7) is 2.96. The van der Waals surface area contributed by atoms with Gasteiger partial charge in [0.15, 0.2) is 0 Å². The molecule has 0 aromatic heterocycles. The number of carbonyl (C=O) groups is 2. The van der Waals surface area contributed by atoms with Gasteiger partial charge in [0.05, 0.1) is 12.0 Å². The molecule has 1 aromatic carbocycles. The van der Waals surface area contributed by atoms with Crippen LogP contribution in [-0.2, 0) is 9.53 Å². The highest BCUT2D eigenvalue weighted by Gasteiger charge is 2.16. The topological polar surface area (TPSA) is 84.9 Å². The fourth-order valence-corrected chi connectivity index (χ4v) is 2.10. The normalized spacial score (nSPS) is 18.7. The number of nitrogens with one attached hydrogen (secondary N) is 1. The van der Waals surface area contributed by atoms with Crippen LogP contribution in [0.5, 0.6) is 5.75 Å². The maximum Gasteiger partial charge on any atom is 0.308 e. The van der Waals surface area contributed by atoms with E-state index in [1.54, 1.807) is 31.2 Å². The molecule has 0 aliphatic carbocycles. The first kappa shape index (κ1) is 16.3. The quantitative estimate of drug-likeness (QED) is 0.801. The van der Waals surface area contributed by atoms with Crippen molar-refractivity contribution in [2.45, 2.75) is 25.9 Å². The van der Waals surface area contributed by atoms with Crippen LogP contribution in [-0.4, -0.2) is 42.8 Å². The molecule has 0 spiro atoms. The molecule has 1 aliphatic heterocycles. The molecule has 1 saturated heterocycles. The second kappa shape index (κ2) is 7.79. The summed E-state index contributed by atoms with van der Waals surface area (Å²) in [5.74, 6) is -1.15. The highest BCUT2D eigenvalue weighted by atomic mass is 16.5. The van der Waals surface area contributed by atoms with Crippen molar-refractivity contribution < 1.29 is 24.2 Å². The van der Waals surface area contributed by atoms with Crippen LogP contribution in [0, 0.1) is 5.92 Å². The molecule has 1 heterocycles. The first-order valence-corrected chi connectivity index (χ1v) is 7.41. The van der Waals surface area contributed by atoms with Crippen molar-refractivity contribution in [1.82, 2.24) is 5.32 Å². The van der Waals surface area contributed by atoms with E-state index in [1.165, 1.54) is 0 Å². The molecule has 0 saturated carbocycles. The van der Waals surface area contributed by atoms with Gasteiger partial charge in [-0.3, -0.25) is 9.59 Å². The predicted molar refractivity (Wildman–Crippen MR) is 80.0 cm³/mol. The lowest BCUT2D eigenvalue weighted by molar-refractivity contribution is -0.140. The molecule has 1 aromatic rings. The average molecular weight is 307 g/mol. The number of aliphatic carboxylic acids is 1. The number of carboxylic acid groups (broad SMARTS) is 1. The molecular formula is C16H21NO5. The molecule has 1 fully saturated rings. The van der Waals surface area contributed by atoms with Gasteiger partial charge in [-0.15, -0.1) is 0 Å². The minimum atomic E-state index is -0.932. The van der Waals surface area contributed by atoms with Gasteiger partial charge in [0.2, 0.25) is 0 Å². The standard InChI is InChI=1S/C16H21NO5/c1-11(16(19)20)9-17-15(18)12-4-6-13(7-5-12)22-10-14-3-2-8-21-14/h4-7,11,14H,2-3,8-10H2,1H3,(H,17,18)(H,19,20)/t11-,14-/m0/s1. The van der Waals surface area contributed by atoms with Crippen LogP contribution in [0.15, 0.2) is 24.3 Å². The molecule has 2 atom stereocenters. The van der Waals surface area contributed by atoms with E-state index in [0.717, 1.165) is 19.4 Å². The largest absolute Gasteiger partial charge is 0.491 e. The molecule has 0 bridgehead atoms. The van der Waals surface area contributed by atoms with Crippen LogP contribution in [0.3, 0.4) is 0 Å². The van der Waals surface area contributed by atoms with Crippen molar-refractivity contribution in [2.75, 3.05) is 19.8 Å². The van der Waals surface area contributed by atoms with E-state index in [2.05, 4.69) is 5.32 Å². The van der Waals surface area contributed by atoms with Crippen molar-refractivity contribution in [3.8, 4) is 5.75 Å². The van der Waals surface area contributed by atoms with Crippen molar-refractivity contribution in [3.05, 3.63) is 29.8 Å². The highest BCUT2D eigenvalue weighted by Crippen LogP contribution is 2.16. The van der Waals surface area contributed by atoms with Crippen LogP contribution >= 0.6 is 0 Å². The molecule has 6 heteroatoms. The molecule has 1 aliphatic rings. The van der Waals surface area contributed by atoms with Crippen LogP contribution in [0.1, 0.15) is 30.1 Å². The Labute approximate surface area is 129 Å². The number of carbonyl (C=O) groups excluding carboxylic acids is 1. The summed E-state index contributed by atoms with van der Waals surface area (Å²) < 4.78 is 11.1. The van der Waals surface area contributed by atoms with E-state index in [1.807, 2.05) is 0 Å². The summed E-state index contributed by atoms with van der Waals surface area (Å²) >= 11 is 0. The van der Waals surface area contributed by atoms with E-state index >= 15 is 0 Å². The SMILES string of the molecule is C[C@@H](CNC(=O)c1ccc(OC[C@@H]2CCCO2)cc1)C(=O)O. The summed E-state index contributed by atoms with van der Waals surface area (Å²) in [6.07, 6.45) is 2.24. The Morgan fingerprint density at radius 1 is 1.41 bits per heavy atom. The van der Waals surface area contributed by atoms with Gasteiger partial charge in [0, 0.05) is 18.7 Å². The Hall–Kier alpha value is -2.08. The molecule has 6 nitrogen and oxygen atoms in total. The number of benzene rings is 1. The minimum Gasteiger partial charge on any atom is -0.491 e. The van der Waals surface area contributed by atoms with E-state index in [4.69, 9.17) is 14.6 Å². The maximum atomic E-state index is 11.9. The predicted octanol–water partition coefficient (Wildman–Crippen LogP) is 1.69. The number of hydrogen-bond donors (Lipinski definition) is 2. The van der Waals surface area contributed by atoms with Crippen LogP contribution in [0.2, 0.25) is 0 Å². The third-order valence-electron chi connectivity index (χ3n) is 3.57. The van der Waals surface area contributed by atoms with Gasteiger partial charge in [-0.1, -0.05) is 6.92 Å². The summed E-state index contributed by atoms with van der Waals surface area (Å²) in [5.41, 5.74) is 0.474. The Morgan fingerprint density at radius 3 is 2.73 bits per heavy atom. The second-order valence-corrected chi connectivity index (χ2v) is 5.42. The van der Waals surface area contributed by atoms with Gasteiger partial charge < -0.3 is 19.9 Å². The van der Waals surface area contributed by atoms with Gasteiger partial charge >= 0.3 is 5.97 Å². The molecule has 120 valence electrons. The van der Waals surface area contributed by atoms with Crippen LogP contribution < -0.4 is 10.1 Å². The van der Waals surface area contributed by atoms with E-state index < -0.39 is 11.9 Å². The fourth-order valence-electron chi connectivity index (χ4n) is 2.10. The van der Waals surface area contributed by atoms with Gasteiger partial charge in [0.25, 0.3) is 5.91 Å².